The summed E-state index contributed by atoms with van der Waals surface area (Å²) in [4.78, 5) is 0. The smallest absolute Gasteiger partial charge is 0.0469 e. The third kappa shape index (κ3) is 6.18. The van der Waals surface area contributed by atoms with Crippen LogP contribution in [0.15, 0.2) is 24.3 Å². The van der Waals surface area contributed by atoms with Crippen molar-refractivity contribution in [2.75, 3.05) is 19.8 Å². The summed E-state index contributed by atoms with van der Waals surface area (Å²) in [6.07, 6.45) is 3.95. The summed E-state index contributed by atoms with van der Waals surface area (Å²) in [5, 5.41) is 8.62. The van der Waals surface area contributed by atoms with Gasteiger partial charge in [-0.15, -0.1) is 0 Å². The minimum Gasteiger partial charge on any atom is -0.396 e. The predicted octanol–water partition coefficient (Wildman–Crippen LogP) is 3.53. The predicted molar refractivity (Wildman–Crippen MR) is 76.0 cm³/mol. The van der Waals surface area contributed by atoms with Crippen molar-refractivity contribution in [3.8, 4) is 0 Å². The fourth-order valence-corrected chi connectivity index (χ4v) is 1.87. The third-order valence-electron chi connectivity index (χ3n) is 3.10. The number of hydrogen-bond donors (Lipinski definition) is 1. The minimum atomic E-state index is 0.269. The van der Waals surface area contributed by atoms with Crippen LogP contribution in [0.25, 0.3) is 0 Å². The van der Waals surface area contributed by atoms with Gasteiger partial charge in [-0.1, -0.05) is 38.1 Å². The Balaban J connectivity index is 2.12. The van der Waals surface area contributed by atoms with Crippen LogP contribution in [0.5, 0.6) is 0 Å². The van der Waals surface area contributed by atoms with Crippen molar-refractivity contribution in [2.24, 2.45) is 0 Å². The molecule has 1 N–H and O–H groups in total. The second-order valence-electron chi connectivity index (χ2n) is 5.04. The summed E-state index contributed by atoms with van der Waals surface area (Å²) >= 11 is 0. The van der Waals surface area contributed by atoms with Crippen LogP contribution >= 0.6 is 0 Å². The van der Waals surface area contributed by atoms with E-state index in [1.807, 2.05) is 0 Å². The Labute approximate surface area is 111 Å². The first-order valence-electron chi connectivity index (χ1n) is 7.01. The average Bonchev–Trinajstić information content (AvgIpc) is 2.38. The normalized spacial score (nSPS) is 11.1. The van der Waals surface area contributed by atoms with Gasteiger partial charge in [0.25, 0.3) is 0 Å². The van der Waals surface area contributed by atoms with Gasteiger partial charge in [0.15, 0.2) is 0 Å². The van der Waals surface area contributed by atoms with Crippen molar-refractivity contribution in [3.05, 3.63) is 35.4 Å². The van der Waals surface area contributed by atoms with Gasteiger partial charge < -0.3 is 9.84 Å². The Morgan fingerprint density at radius 3 is 2.28 bits per heavy atom. The van der Waals surface area contributed by atoms with E-state index in [4.69, 9.17) is 9.84 Å². The van der Waals surface area contributed by atoms with Gasteiger partial charge in [0, 0.05) is 19.8 Å². The molecule has 0 saturated carbocycles. The highest BCUT2D eigenvalue weighted by Gasteiger charge is 1.99. The second-order valence-corrected chi connectivity index (χ2v) is 5.04. The molecular formula is C16H26O2. The number of hydrogen-bond acceptors (Lipinski definition) is 2. The van der Waals surface area contributed by atoms with E-state index in [1.54, 1.807) is 0 Å². The highest BCUT2D eigenvalue weighted by molar-refractivity contribution is 5.24. The molecule has 0 unspecified atom stereocenters. The van der Waals surface area contributed by atoms with E-state index >= 15 is 0 Å². The molecule has 0 fully saturated rings. The van der Waals surface area contributed by atoms with Crippen LogP contribution in [0, 0.1) is 0 Å². The highest BCUT2D eigenvalue weighted by Crippen LogP contribution is 2.15. The van der Waals surface area contributed by atoms with E-state index in [0.29, 0.717) is 5.92 Å². The van der Waals surface area contributed by atoms with Gasteiger partial charge in [-0.3, -0.25) is 0 Å². The molecule has 102 valence electrons. The third-order valence-corrected chi connectivity index (χ3v) is 3.10. The summed E-state index contributed by atoms with van der Waals surface area (Å²) < 4.78 is 5.51. The van der Waals surface area contributed by atoms with Gasteiger partial charge in [0.2, 0.25) is 0 Å². The highest BCUT2D eigenvalue weighted by atomic mass is 16.5. The molecule has 0 saturated heterocycles. The number of aliphatic hydroxyl groups is 1. The van der Waals surface area contributed by atoms with Crippen LogP contribution in [0.3, 0.4) is 0 Å². The number of benzene rings is 1. The Morgan fingerprint density at radius 1 is 1.00 bits per heavy atom. The van der Waals surface area contributed by atoms with Crippen LogP contribution in [0.4, 0.5) is 0 Å². The fraction of sp³-hybridized carbons (Fsp3) is 0.625. The van der Waals surface area contributed by atoms with Gasteiger partial charge in [-0.2, -0.15) is 0 Å². The van der Waals surface area contributed by atoms with E-state index in [0.717, 1.165) is 38.9 Å². The van der Waals surface area contributed by atoms with Gasteiger partial charge in [0.05, 0.1) is 0 Å². The second kappa shape index (κ2) is 9.12. The summed E-state index contributed by atoms with van der Waals surface area (Å²) in [6.45, 7) is 6.29. The maximum atomic E-state index is 8.62. The largest absolute Gasteiger partial charge is 0.396 e. The van der Waals surface area contributed by atoms with E-state index < -0.39 is 0 Å². The molecule has 0 aliphatic rings. The topological polar surface area (TPSA) is 29.5 Å². The van der Waals surface area contributed by atoms with Crippen molar-refractivity contribution >= 4 is 0 Å². The lowest BCUT2D eigenvalue weighted by molar-refractivity contribution is 0.123. The first-order valence-corrected chi connectivity index (χ1v) is 7.01. The van der Waals surface area contributed by atoms with Crippen molar-refractivity contribution in [1.82, 2.24) is 0 Å². The molecule has 0 radical (unpaired) electrons. The molecule has 0 aromatic heterocycles. The molecule has 0 spiro atoms. The summed E-state index contributed by atoms with van der Waals surface area (Å²) in [5.41, 5.74) is 2.79. The van der Waals surface area contributed by atoms with E-state index in [-0.39, 0.29) is 6.61 Å². The molecule has 1 rings (SSSR count). The van der Waals surface area contributed by atoms with E-state index in [1.165, 1.54) is 11.1 Å². The Morgan fingerprint density at radius 2 is 1.67 bits per heavy atom. The number of aliphatic hydroxyl groups excluding tert-OH is 1. The maximum Gasteiger partial charge on any atom is 0.0469 e. The van der Waals surface area contributed by atoms with Crippen LogP contribution in [-0.4, -0.2) is 24.9 Å². The molecule has 0 aliphatic heterocycles. The number of ether oxygens (including phenoxy) is 1. The average molecular weight is 250 g/mol. The van der Waals surface area contributed by atoms with Crippen LogP contribution in [0.2, 0.25) is 0 Å². The fourth-order valence-electron chi connectivity index (χ4n) is 1.87. The molecule has 0 heterocycles. The molecule has 0 atom stereocenters. The SMILES string of the molecule is CC(C)c1ccc(CCCOCCCCO)cc1. The zero-order chi connectivity index (χ0) is 13.2. The quantitative estimate of drug-likeness (QED) is 0.679. The number of rotatable bonds is 9. The summed E-state index contributed by atoms with van der Waals surface area (Å²) in [7, 11) is 0. The molecule has 0 bridgehead atoms. The Kier molecular flexibility index (Phi) is 7.70. The molecule has 2 nitrogen and oxygen atoms in total. The molecule has 0 aliphatic carbocycles. The number of unbranched alkanes of at least 4 members (excludes halogenated alkanes) is 1. The lowest BCUT2D eigenvalue weighted by atomic mass is 10.0. The molecular weight excluding hydrogens is 224 g/mol. The van der Waals surface area contributed by atoms with Gasteiger partial charge in [0.1, 0.15) is 0 Å². The Hall–Kier alpha value is -0.860. The lowest BCUT2D eigenvalue weighted by Gasteiger charge is -2.07. The molecule has 18 heavy (non-hydrogen) atoms. The zero-order valence-corrected chi connectivity index (χ0v) is 11.7. The van der Waals surface area contributed by atoms with Gasteiger partial charge in [-0.25, -0.2) is 0 Å². The summed E-state index contributed by atoms with van der Waals surface area (Å²) in [6, 6.07) is 8.90. The van der Waals surface area contributed by atoms with Crippen LogP contribution < -0.4 is 0 Å². The minimum absolute atomic E-state index is 0.269. The molecule has 2 heteroatoms. The molecule has 1 aromatic rings. The zero-order valence-electron chi connectivity index (χ0n) is 11.7. The van der Waals surface area contributed by atoms with Crippen LogP contribution in [0.1, 0.15) is 50.2 Å². The van der Waals surface area contributed by atoms with E-state index in [2.05, 4.69) is 38.1 Å². The monoisotopic (exact) mass is 250 g/mol. The Bertz CT molecular complexity index is 303. The van der Waals surface area contributed by atoms with Crippen molar-refractivity contribution in [1.29, 1.82) is 0 Å². The standard InChI is InChI=1S/C16H26O2/c1-14(2)16-9-7-15(8-10-16)6-5-13-18-12-4-3-11-17/h7-10,14,17H,3-6,11-13H2,1-2H3. The van der Waals surface area contributed by atoms with Crippen molar-refractivity contribution in [3.63, 3.8) is 0 Å². The van der Waals surface area contributed by atoms with E-state index in [9.17, 15) is 0 Å². The maximum absolute atomic E-state index is 8.62. The summed E-state index contributed by atoms with van der Waals surface area (Å²) in [5.74, 6) is 0.605. The first-order chi connectivity index (χ1) is 8.74. The van der Waals surface area contributed by atoms with Crippen molar-refractivity contribution in [2.45, 2.75) is 45.4 Å². The van der Waals surface area contributed by atoms with Gasteiger partial charge in [-0.05, 0) is 42.7 Å². The lowest BCUT2D eigenvalue weighted by Crippen LogP contribution is -1.99. The van der Waals surface area contributed by atoms with Crippen LogP contribution in [-0.2, 0) is 11.2 Å². The molecule has 1 aromatic carbocycles. The first kappa shape index (κ1) is 15.2. The van der Waals surface area contributed by atoms with Gasteiger partial charge >= 0.3 is 0 Å². The number of aryl methyl sites for hydroxylation is 1. The molecule has 0 amide bonds. The van der Waals surface area contributed by atoms with Crippen molar-refractivity contribution < 1.29 is 9.84 Å².